The Morgan fingerprint density at radius 3 is 2.70 bits per heavy atom. The summed E-state index contributed by atoms with van der Waals surface area (Å²) in [6, 6.07) is 16.5. The molecule has 1 amide bonds. The second-order valence-corrected chi connectivity index (χ2v) is 5.85. The number of nitrogens with zero attached hydrogens (tertiary/aromatic N) is 1. The van der Waals surface area contributed by atoms with Crippen molar-refractivity contribution in [1.82, 2.24) is 15.1 Å². The van der Waals surface area contributed by atoms with Gasteiger partial charge in [-0.1, -0.05) is 24.3 Å². The minimum atomic E-state index is -0.402. The molecule has 3 rings (SSSR count). The summed E-state index contributed by atoms with van der Waals surface area (Å²) < 4.78 is 6.40. The van der Waals surface area contributed by atoms with E-state index in [1.807, 2.05) is 24.3 Å². The SMILES string of the molecule is COc1ccccc1CCNC(=O)c1cccc(-n2[nH]c(=O)ccc2=O)c1. The maximum absolute atomic E-state index is 12.4. The molecule has 7 heteroatoms. The molecule has 0 saturated heterocycles. The number of nitrogens with one attached hydrogen (secondary N) is 2. The van der Waals surface area contributed by atoms with Crippen LogP contribution in [0.3, 0.4) is 0 Å². The molecule has 0 spiro atoms. The summed E-state index contributed by atoms with van der Waals surface area (Å²) in [4.78, 5) is 35.8. The molecule has 138 valence electrons. The molecule has 1 heterocycles. The molecule has 0 aliphatic rings. The molecular formula is C20H19N3O4. The van der Waals surface area contributed by atoms with E-state index in [1.54, 1.807) is 31.4 Å². The fourth-order valence-corrected chi connectivity index (χ4v) is 2.72. The van der Waals surface area contributed by atoms with Crippen LogP contribution in [0, 0.1) is 0 Å². The fraction of sp³-hybridized carbons (Fsp3) is 0.150. The number of para-hydroxylation sites is 1. The Kier molecular flexibility index (Phi) is 5.51. The van der Waals surface area contributed by atoms with Crippen LogP contribution in [0.15, 0.2) is 70.3 Å². The van der Waals surface area contributed by atoms with Crippen molar-refractivity contribution in [2.24, 2.45) is 0 Å². The molecule has 0 aliphatic carbocycles. The molecule has 0 saturated carbocycles. The Morgan fingerprint density at radius 1 is 1.07 bits per heavy atom. The molecule has 2 N–H and O–H groups in total. The molecule has 1 aromatic heterocycles. The number of benzene rings is 2. The van der Waals surface area contributed by atoms with Crippen LogP contribution in [-0.2, 0) is 6.42 Å². The van der Waals surface area contributed by atoms with Crippen LogP contribution in [0.4, 0.5) is 0 Å². The maximum Gasteiger partial charge on any atom is 0.269 e. The first-order valence-corrected chi connectivity index (χ1v) is 8.41. The highest BCUT2D eigenvalue weighted by Gasteiger charge is 2.09. The van der Waals surface area contributed by atoms with Gasteiger partial charge < -0.3 is 10.1 Å². The third-order valence-electron chi connectivity index (χ3n) is 4.06. The lowest BCUT2D eigenvalue weighted by Crippen LogP contribution is -2.28. The normalized spacial score (nSPS) is 10.4. The largest absolute Gasteiger partial charge is 0.496 e. The third kappa shape index (κ3) is 4.33. The first-order valence-electron chi connectivity index (χ1n) is 8.41. The van der Waals surface area contributed by atoms with Gasteiger partial charge in [0.15, 0.2) is 0 Å². The van der Waals surface area contributed by atoms with Crippen LogP contribution < -0.4 is 21.2 Å². The van der Waals surface area contributed by atoms with Gasteiger partial charge in [-0.2, -0.15) is 0 Å². The van der Waals surface area contributed by atoms with Crippen LogP contribution in [0.5, 0.6) is 5.75 Å². The Hall–Kier alpha value is -3.61. The summed E-state index contributed by atoms with van der Waals surface area (Å²) in [6.45, 7) is 0.436. The van der Waals surface area contributed by atoms with E-state index in [0.717, 1.165) is 22.1 Å². The van der Waals surface area contributed by atoms with Crippen molar-refractivity contribution in [2.45, 2.75) is 6.42 Å². The monoisotopic (exact) mass is 365 g/mol. The van der Waals surface area contributed by atoms with E-state index in [4.69, 9.17) is 4.74 Å². The molecule has 0 unspecified atom stereocenters. The summed E-state index contributed by atoms with van der Waals surface area (Å²) in [6.07, 6.45) is 0.626. The molecule has 2 aromatic carbocycles. The van der Waals surface area contributed by atoms with E-state index >= 15 is 0 Å². The van der Waals surface area contributed by atoms with E-state index in [-0.39, 0.29) is 11.5 Å². The van der Waals surface area contributed by atoms with Gasteiger partial charge in [0.05, 0.1) is 12.8 Å². The Bertz CT molecular complexity index is 1070. The van der Waals surface area contributed by atoms with E-state index in [0.29, 0.717) is 24.2 Å². The molecular weight excluding hydrogens is 346 g/mol. The second kappa shape index (κ2) is 8.18. The molecule has 0 radical (unpaired) electrons. The topological polar surface area (TPSA) is 93.2 Å². The zero-order valence-corrected chi connectivity index (χ0v) is 14.8. The van der Waals surface area contributed by atoms with E-state index in [1.165, 1.54) is 6.07 Å². The number of aromatic amines is 1. The van der Waals surface area contributed by atoms with Gasteiger partial charge in [0.25, 0.3) is 17.0 Å². The Morgan fingerprint density at radius 2 is 1.89 bits per heavy atom. The summed E-state index contributed by atoms with van der Waals surface area (Å²) >= 11 is 0. The number of H-pyrrole nitrogens is 1. The van der Waals surface area contributed by atoms with Gasteiger partial charge in [-0.15, -0.1) is 0 Å². The number of aromatic nitrogens is 2. The van der Waals surface area contributed by atoms with E-state index < -0.39 is 5.56 Å². The highest BCUT2D eigenvalue weighted by Crippen LogP contribution is 2.17. The highest BCUT2D eigenvalue weighted by atomic mass is 16.5. The van der Waals surface area contributed by atoms with Gasteiger partial charge in [-0.25, -0.2) is 4.68 Å². The van der Waals surface area contributed by atoms with Gasteiger partial charge in [-0.3, -0.25) is 19.5 Å². The molecule has 0 atom stereocenters. The fourth-order valence-electron chi connectivity index (χ4n) is 2.72. The smallest absolute Gasteiger partial charge is 0.269 e. The Labute approximate surface area is 155 Å². The van der Waals surface area contributed by atoms with Crippen molar-refractivity contribution < 1.29 is 9.53 Å². The van der Waals surface area contributed by atoms with Crippen molar-refractivity contribution in [3.8, 4) is 11.4 Å². The number of rotatable bonds is 6. The average molecular weight is 365 g/mol. The van der Waals surface area contributed by atoms with Gasteiger partial charge >= 0.3 is 0 Å². The number of hydrogen-bond acceptors (Lipinski definition) is 4. The van der Waals surface area contributed by atoms with Crippen molar-refractivity contribution in [3.63, 3.8) is 0 Å². The summed E-state index contributed by atoms with van der Waals surface area (Å²) in [5.74, 6) is 0.513. The molecule has 3 aromatic rings. The number of carbonyl (C=O) groups is 1. The third-order valence-corrected chi connectivity index (χ3v) is 4.06. The van der Waals surface area contributed by atoms with Gasteiger partial charge in [0, 0.05) is 24.2 Å². The number of hydrogen-bond donors (Lipinski definition) is 2. The van der Waals surface area contributed by atoms with Crippen LogP contribution in [-0.4, -0.2) is 29.3 Å². The van der Waals surface area contributed by atoms with Crippen molar-refractivity contribution in [3.05, 3.63) is 92.5 Å². The number of amides is 1. The number of ether oxygens (including phenoxy) is 1. The zero-order valence-electron chi connectivity index (χ0n) is 14.8. The maximum atomic E-state index is 12.4. The summed E-state index contributed by atoms with van der Waals surface area (Å²) in [5, 5.41) is 5.29. The number of carbonyl (C=O) groups excluding carboxylic acids is 1. The summed E-state index contributed by atoms with van der Waals surface area (Å²) in [5.41, 5.74) is 1.02. The van der Waals surface area contributed by atoms with Gasteiger partial charge in [-0.05, 0) is 36.2 Å². The molecule has 0 aliphatic heterocycles. The van der Waals surface area contributed by atoms with Crippen molar-refractivity contribution in [1.29, 1.82) is 0 Å². The molecule has 0 fully saturated rings. The lowest BCUT2D eigenvalue weighted by Gasteiger charge is -2.10. The highest BCUT2D eigenvalue weighted by molar-refractivity contribution is 5.94. The molecule has 27 heavy (non-hydrogen) atoms. The first kappa shape index (κ1) is 18.2. The minimum absolute atomic E-state index is 0.266. The van der Waals surface area contributed by atoms with Crippen molar-refractivity contribution >= 4 is 5.91 Å². The lowest BCUT2D eigenvalue weighted by molar-refractivity contribution is 0.0954. The quantitative estimate of drug-likeness (QED) is 0.692. The number of methoxy groups -OCH3 is 1. The van der Waals surface area contributed by atoms with Crippen molar-refractivity contribution in [2.75, 3.05) is 13.7 Å². The average Bonchev–Trinajstić information content (AvgIpc) is 2.70. The lowest BCUT2D eigenvalue weighted by atomic mass is 10.1. The Balaban J connectivity index is 1.71. The first-order chi connectivity index (χ1) is 13.1. The van der Waals surface area contributed by atoms with E-state index in [2.05, 4.69) is 10.4 Å². The predicted octanol–water partition coefficient (Wildman–Crippen LogP) is 1.51. The van der Waals surface area contributed by atoms with Gasteiger partial charge in [0.2, 0.25) is 0 Å². The second-order valence-electron chi connectivity index (χ2n) is 5.85. The van der Waals surface area contributed by atoms with Crippen LogP contribution in [0.1, 0.15) is 15.9 Å². The summed E-state index contributed by atoms with van der Waals surface area (Å²) in [7, 11) is 1.61. The van der Waals surface area contributed by atoms with Crippen LogP contribution in [0.25, 0.3) is 5.69 Å². The van der Waals surface area contributed by atoms with Gasteiger partial charge in [0.1, 0.15) is 5.75 Å². The zero-order chi connectivity index (χ0) is 19.2. The predicted molar refractivity (Wildman–Crippen MR) is 102 cm³/mol. The standard InChI is InChI=1S/C20H19N3O4/c1-27-17-8-3-2-5-14(17)11-12-21-20(26)15-6-4-7-16(13-15)23-19(25)10-9-18(24)22-23/h2-10,13H,11-12H2,1H3,(H,21,26)(H,22,24). The minimum Gasteiger partial charge on any atom is -0.496 e. The van der Waals surface area contributed by atoms with Crippen LogP contribution in [0.2, 0.25) is 0 Å². The van der Waals surface area contributed by atoms with Crippen LogP contribution >= 0.6 is 0 Å². The van der Waals surface area contributed by atoms with E-state index in [9.17, 15) is 14.4 Å². The molecule has 0 bridgehead atoms. The molecule has 7 nitrogen and oxygen atoms in total.